The Labute approximate surface area is 126 Å². The summed E-state index contributed by atoms with van der Waals surface area (Å²) in [6, 6.07) is 5.11. The Bertz CT molecular complexity index is 480. The SMILES string of the molecule is CCCNC(=O)C(C)S(=O)Cc1ccc(Cl)c(Cl)c1. The molecule has 1 aromatic carbocycles. The van der Waals surface area contributed by atoms with Crippen molar-refractivity contribution in [1.82, 2.24) is 5.32 Å². The fraction of sp³-hybridized carbons (Fsp3) is 0.462. The summed E-state index contributed by atoms with van der Waals surface area (Å²) < 4.78 is 12.1. The van der Waals surface area contributed by atoms with E-state index in [0.29, 0.717) is 16.6 Å². The van der Waals surface area contributed by atoms with Gasteiger partial charge >= 0.3 is 0 Å². The number of nitrogens with one attached hydrogen (secondary N) is 1. The number of hydrogen-bond acceptors (Lipinski definition) is 2. The van der Waals surface area contributed by atoms with Gasteiger partial charge in [0.2, 0.25) is 5.91 Å². The third kappa shape index (κ3) is 5.13. The van der Waals surface area contributed by atoms with Gasteiger partial charge in [0.25, 0.3) is 0 Å². The van der Waals surface area contributed by atoms with E-state index in [1.165, 1.54) is 0 Å². The van der Waals surface area contributed by atoms with E-state index in [2.05, 4.69) is 5.32 Å². The molecule has 0 spiro atoms. The predicted octanol–water partition coefficient (Wildman–Crippen LogP) is 3.16. The summed E-state index contributed by atoms with van der Waals surface area (Å²) in [6.45, 7) is 4.24. The van der Waals surface area contributed by atoms with Crippen molar-refractivity contribution in [2.75, 3.05) is 6.54 Å². The number of benzene rings is 1. The number of carbonyl (C=O) groups is 1. The Morgan fingerprint density at radius 2 is 2.05 bits per heavy atom. The van der Waals surface area contributed by atoms with Crippen molar-refractivity contribution in [2.24, 2.45) is 0 Å². The van der Waals surface area contributed by atoms with Crippen molar-refractivity contribution in [3.05, 3.63) is 33.8 Å². The van der Waals surface area contributed by atoms with Crippen molar-refractivity contribution in [3.8, 4) is 0 Å². The zero-order chi connectivity index (χ0) is 14.4. The maximum atomic E-state index is 12.1. The number of rotatable bonds is 6. The maximum Gasteiger partial charge on any atom is 0.235 e. The van der Waals surface area contributed by atoms with Gasteiger partial charge in [0.05, 0.1) is 10.0 Å². The Kier molecular flexibility index (Phi) is 6.83. The number of amides is 1. The van der Waals surface area contributed by atoms with Crippen LogP contribution >= 0.6 is 23.2 Å². The first kappa shape index (κ1) is 16.5. The molecule has 6 heteroatoms. The Hall–Kier alpha value is -0.580. The molecule has 0 aliphatic heterocycles. The van der Waals surface area contributed by atoms with Gasteiger partial charge < -0.3 is 5.32 Å². The van der Waals surface area contributed by atoms with Gasteiger partial charge in [-0.1, -0.05) is 36.2 Å². The van der Waals surface area contributed by atoms with Gasteiger partial charge in [0.15, 0.2) is 0 Å². The Morgan fingerprint density at radius 1 is 1.37 bits per heavy atom. The first-order valence-corrected chi connectivity index (χ1v) is 8.18. The normalized spacial score (nSPS) is 13.9. The van der Waals surface area contributed by atoms with Crippen LogP contribution in [0.1, 0.15) is 25.8 Å². The predicted molar refractivity (Wildman–Crippen MR) is 81.1 cm³/mol. The first-order valence-electron chi connectivity index (χ1n) is 6.04. The van der Waals surface area contributed by atoms with E-state index < -0.39 is 16.0 Å². The molecule has 2 unspecified atom stereocenters. The number of hydrogen-bond donors (Lipinski definition) is 1. The van der Waals surface area contributed by atoms with E-state index in [-0.39, 0.29) is 11.7 Å². The largest absolute Gasteiger partial charge is 0.355 e. The molecule has 1 N–H and O–H groups in total. The van der Waals surface area contributed by atoms with Crippen molar-refractivity contribution in [2.45, 2.75) is 31.3 Å². The zero-order valence-electron chi connectivity index (χ0n) is 10.9. The molecule has 0 bridgehead atoms. The number of carbonyl (C=O) groups excluding carboxylic acids is 1. The minimum atomic E-state index is -1.28. The topological polar surface area (TPSA) is 46.2 Å². The molecular weight excluding hydrogens is 305 g/mol. The second kappa shape index (κ2) is 7.88. The van der Waals surface area contributed by atoms with Gasteiger partial charge in [-0.25, -0.2) is 0 Å². The fourth-order valence-corrected chi connectivity index (χ4v) is 2.83. The van der Waals surface area contributed by atoms with Gasteiger partial charge in [-0.05, 0) is 31.0 Å². The van der Waals surface area contributed by atoms with E-state index in [1.54, 1.807) is 25.1 Å². The third-order valence-electron chi connectivity index (χ3n) is 2.61. The fourth-order valence-electron chi connectivity index (χ4n) is 1.43. The highest BCUT2D eigenvalue weighted by Crippen LogP contribution is 2.23. The van der Waals surface area contributed by atoms with Gasteiger partial charge in [-0.15, -0.1) is 0 Å². The molecule has 0 aromatic heterocycles. The molecule has 0 aliphatic rings. The summed E-state index contributed by atoms with van der Waals surface area (Å²) >= 11 is 11.7. The molecule has 1 aromatic rings. The van der Waals surface area contributed by atoms with Gasteiger partial charge in [0, 0.05) is 23.1 Å². The summed E-state index contributed by atoms with van der Waals surface area (Å²) in [5.41, 5.74) is 0.808. The molecule has 2 atom stereocenters. The van der Waals surface area contributed by atoms with Crippen LogP contribution in [0.25, 0.3) is 0 Å². The maximum absolute atomic E-state index is 12.1. The standard InChI is InChI=1S/C13H17Cl2NO2S/c1-3-6-16-13(17)9(2)19(18)8-10-4-5-11(14)12(15)7-10/h4-5,7,9H,3,6,8H2,1-2H3,(H,16,17). The molecule has 1 rings (SSSR count). The minimum absolute atomic E-state index is 0.180. The van der Waals surface area contributed by atoms with Crippen molar-refractivity contribution in [3.63, 3.8) is 0 Å². The van der Waals surface area contributed by atoms with Crippen LogP contribution in [-0.2, 0) is 21.3 Å². The Morgan fingerprint density at radius 3 is 2.63 bits per heavy atom. The van der Waals surface area contributed by atoms with Crippen LogP contribution in [0.3, 0.4) is 0 Å². The molecule has 106 valence electrons. The average molecular weight is 322 g/mol. The highest BCUT2D eigenvalue weighted by atomic mass is 35.5. The van der Waals surface area contributed by atoms with E-state index in [9.17, 15) is 9.00 Å². The summed E-state index contributed by atoms with van der Waals surface area (Å²) in [4.78, 5) is 11.7. The Balaban J connectivity index is 2.63. The van der Waals surface area contributed by atoms with Crippen LogP contribution in [0.4, 0.5) is 0 Å². The lowest BCUT2D eigenvalue weighted by atomic mass is 10.2. The van der Waals surface area contributed by atoms with E-state index in [0.717, 1.165) is 12.0 Å². The molecule has 3 nitrogen and oxygen atoms in total. The summed E-state index contributed by atoms with van der Waals surface area (Å²) in [5, 5.41) is 3.09. The summed E-state index contributed by atoms with van der Waals surface area (Å²) in [6.07, 6.45) is 0.859. The molecule has 0 aliphatic carbocycles. The molecule has 0 heterocycles. The molecule has 19 heavy (non-hydrogen) atoms. The van der Waals surface area contributed by atoms with Gasteiger partial charge in [-0.2, -0.15) is 0 Å². The molecule has 0 radical (unpaired) electrons. The second-order valence-corrected chi connectivity index (χ2v) is 6.78. The van der Waals surface area contributed by atoms with Crippen LogP contribution in [-0.4, -0.2) is 21.9 Å². The lowest BCUT2D eigenvalue weighted by Crippen LogP contribution is -2.36. The lowest BCUT2D eigenvalue weighted by Gasteiger charge is -2.12. The third-order valence-corrected chi connectivity index (χ3v) is 4.97. The van der Waals surface area contributed by atoms with Crippen molar-refractivity contribution in [1.29, 1.82) is 0 Å². The lowest BCUT2D eigenvalue weighted by molar-refractivity contribution is -0.120. The summed E-state index contributed by atoms with van der Waals surface area (Å²) in [7, 11) is -1.28. The molecule has 0 saturated heterocycles. The molecule has 0 fully saturated rings. The summed E-state index contributed by atoms with van der Waals surface area (Å²) in [5.74, 6) is 0.109. The van der Waals surface area contributed by atoms with Crippen LogP contribution in [0.5, 0.6) is 0 Å². The molecule has 1 amide bonds. The van der Waals surface area contributed by atoms with Gasteiger partial charge in [0.1, 0.15) is 5.25 Å². The van der Waals surface area contributed by atoms with E-state index >= 15 is 0 Å². The van der Waals surface area contributed by atoms with Crippen LogP contribution in [0, 0.1) is 0 Å². The van der Waals surface area contributed by atoms with Crippen LogP contribution < -0.4 is 5.32 Å². The second-order valence-electron chi connectivity index (χ2n) is 4.21. The van der Waals surface area contributed by atoms with E-state index in [1.807, 2.05) is 6.92 Å². The monoisotopic (exact) mass is 321 g/mol. The molecule has 0 saturated carbocycles. The molecular formula is C13H17Cl2NO2S. The van der Waals surface area contributed by atoms with Crippen molar-refractivity contribution < 1.29 is 9.00 Å². The number of halogens is 2. The van der Waals surface area contributed by atoms with Gasteiger partial charge in [-0.3, -0.25) is 9.00 Å². The van der Waals surface area contributed by atoms with Crippen LogP contribution in [0.2, 0.25) is 10.0 Å². The zero-order valence-corrected chi connectivity index (χ0v) is 13.2. The highest BCUT2D eigenvalue weighted by molar-refractivity contribution is 7.85. The quantitative estimate of drug-likeness (QED) is 0.874. The van der Waals surface area contributed by atoms with Crippen molar-refractivity contribution >= 4 is 39.9 Å². The smallest absolute Gasteiger partial charge is 0.235 e. The highest BCUT2D eigenvalue weighted by Gasteiger charge is 2.19. The minimum Gasteiger partial charge on any atom is -0.355 e. The van der Waals surface area contributed by atoms with E-state index in [4.69, 9.17) is 23.2 Å². The van der Waals surface area contributed by atoms with Crippen LogP contribution in [0.15, 0.2) is 18.2 Å². The first-order chi connectivity index (χ1) is 8.95. The average Bonchev–Trinajstić information content (AvgIpc) is 2.39.